The number of hydrogen-bond donors (Lipinski definition) is 1. The number of aryl methyl sites for hydroxylation is 1. The maximum absolute atomic E-state index is 12.6. The monoisotopic (exact) mass is 371 g/mol. The number of nitrogens with zero attached hydrogens (tertiary/aromatic N) is 6. The van der Waals surface area contributed by atoms with Crippen molar-refractivity contribution in [3.8, 4) is 0 Å². The summed E-state index contributed by atoms with van der Waals surface area (Å²) in [6.45, 7) is 5.83. The Kier molecular flexibility index (Phi) is 4.69. The predicted molar refractivity (Wildman–Crippen MR) is 100 cm³/mol. The Hall–Kier alpha value is -2.68. The van der Waals surface area contributed by atoms with Gasteiger partial charge in [0, 0.05) is 44.6 Å². The number of carbonyl (C=O) groups is 1. The van der Waals surface area contributed by atoms with Crippen molar-refractivity contribution in [2.45, 2.75) is 31.9 Å². The van der Waals surface area contributed by atoms with E-state index < -0.39 is 0 Å². The molecular formula is C18H25N7O2. The number of nitrogen functional groups attached to an aromatic ring is 1. The number of piperidine rings is 1. The minimum Gasteiger partial charge on any atom is -0.384 e. The van der Waals surface area contributed by atoms with Crippen LogP contribution in [-0.4, -0.2) is 68.7 Å². The number of carbonyl (C=O) groups excluding carboxylic acids is 1. The summed E-state index contributed by atoms with van der Waals surface area (Å²) < 4.78 is 8.05. The number of likely N-dealkylation sites (tertiary alicyclic amines) is 1. The normalized spacial score (nSPS) is 19.4. The van der Waals surface area contributed by atoms with Gasteiger partial charge < -0.3 is 24.8 Å². The molecule has 2 aliphatic heterocycles. The van der Waals surface area contributed by atoms with E-state index in [9.17, 15) is 4.79 Å². The van der Waals surface area contributed by atoms with Crippen LogP contribution in [0.15, 0.2) is 24.8 Å². The van der Waals surface area contributed by atoms with Crippen LogP contribution >= 0.6 is 0 Å². The summed E-state index contributed by atoms with van der Waals surface area (Å²) in [5.41, 5.74) is 5.56. The summed E-state index contributed by atoms with van der Waals surface area (Å²) in [6, 6.07) is 1.80. The Balaban J connectivity index is 1.37. The van der Waals surface area contributed by atoms with Gasteiger partial charge in [-0.15, -0.1) is 0 Å². The quantitative estimate of drug-likeness (QED) is 0.836. The molecule has 2 fully saturated rings. The summed E-state index contributed by atoms with van der Waals surface area (Å²) >= 11 is 0. The van der Waals surface area contributed by atoms with Crippen molar-refractivity contribution >= 4 is 17.5 Å². The van der Waals surface area contributed by atoms with E-state index in [1.807, 2.05) is 22.6 Å². The molecule has 2 saturated heterocycles. The second-order valence-corrected chi connectivity index (χ2v) is 7.24. The van der Waals surface area contributed by atoms with Gasteiger partial charge in [-0.3, -0.25) is 4.79 Å². The molecule has 4 heterocycles. The highest BCUT2D eigenvalue weighted by molar-refractivity contribution is 5.76. The lowest BCUT2D eigenvalue weighted by molar-refractivity contribution is -0.140. The van der Waals surface area contributed by atoms with Crippen LogP contribution in [0.1, 0.15) is 18.7 Å². The standard InChI is InChI=1S/C18H25N7O2/c1-14-20-4-7-24(14)11-17(26)23-5-2-18(3-6-23)12-25(8-9-27-18)16-10-15(19)21-13-22-16/h4,7,10,13H,2-3,5-6,8-9,11-12H2,1H3,(H2,19,21,22). The van der Waals surface area contributed by atoms with Gasteiger partial charge in [0.2, 0.25) is 5.91 Å². The molecule has 2 N–H and O–H groups in total. The lowest BCUT2D eigenvalue weighted by Gasteiger charge is -2.47. The Labute approximate surface area is 158 Å². The zero-order valence-electron chi connectivity index (χ0n) is 15.5. The summed E-state index contributed by atoms with van der Waals surface area (Å²) in [6.07, 6.45) is 6.69. The first-order valence-electron chi connectivity index (χ1n) is 9.27. The van der Waals surface area contributed by atoms with Gasteiger partial charge in [-0.05, 0) is 19.8 Å². The highest BCUT2D eigenvalue weighted by Crippen LogP contribution is 2.32. The van der Waals surface area contributed by atoms with Gasteiger partial charge in [0.1, 0.15) is 30.3 Å². The average molecular weight is 371 g/mol. The first-order chi connectivity index (χ1) is 13.0. The smallest absolute Gasteiger partial charge is 0.242 e. The molecule has 9 heteroatoms. The molecule has 4 rings (SSSR count). The van der Waals surface area contributed by atoms with Gasteiger partial charge in [-0.2, -0.15) is 0 Å². The maximum atomic E-state index is 12.6. The van der Waals surface area contributed by atoms with Crippen molar-refractivity contribution in [1.82, 2.24) is 24.4 Å². The molecule has 2 aliphatic rings. The Morgan fingerprint density at radius 1 is 1.26 bits per heavy atom. The van der Waals surface area contributed by atoms with Crippen LogP contribution in [0.4, 0.5) is 11.6 Å². The topological polar surface area (TPSA) is 102 Å². The third-order valence-electron chi connectivity index (χ3n) is 5.50. The van der Waals surface area contributed by atoms with E-state index in [0.29, 0.717) is 32.1 Å². The highest BCUT2D eigenvalue weighted by atomic mass is 16.5. The predicted octanol–water partition coefficient (Wildman–Crippen LogP) is 0.462. The number of nitrogens with two attached hydrogens (primary N) is 1. The van der Waals surface area contributed by atoms with Crippen LogP contribution in [0.5, 0.6) is 0 Å². The summed E-state index contributed by atoms with van der Waals surface area (Å²) in [5.74, 6) is 2.28. The Bertz CT molecular complexity index is 814. The van der Waals surface area contributed by atoms with Gasteiger partial charge in [0.15, 0.2) is 0 Å². The van der Waals surface area contributed by atoms with Gasteiger partial charge in [-0.1, -0.05) is 0 Å². The molecule has 1 spiro atoms. The van der Waals surface area contributed by atoms with E-state index in [2.05, 4.69) is 19.9 Å². The van der Waals surface area contributed by atoms with Crippen molar-refractivity contribution in [2.24, 2.45) is 0 Å². The lowest BCUT2D eigenvalue weighted by atomic mass is 9.89. The largest absolute Gasteiger partial charge is 0.384 e. The van der Waals surface area contributed by atoms with E-state index in [4.69, 9.17) is 10.5 Å². The second kappa shape index (κ2) is 7.15. The van der Waals surface area contributed by atoms with Crippen LogP contribution < -0.4 is 10.6 Å². The fourth-order valence-corrected chi connectivity index (χ4v) is 3.86. The minimum absolute atomic E-state index is 0.127. The number of morpholine rings is 1. The average Bonchev–Trinajstić information content (AvgIpc) is 3.07. The van der Waals surface area contributed by atoms with Gasteiger partial charge >= 0.3 is 0 Å². The number of aromatic nitrogens is 4. The number of ether oxygens (including phenoxy) is 1. The van der Waals surface area contributed by atoms with E-state index in [1.165, 1.54) is 6.33 Å². The van der Waals surface area contributed by atoms with E-state index in [1.54, 1.807) is 12.3 Å². The summed E-state index contributed by atoms with van der Waals surface area (Å²) in [4.78, 5) is 29.2. The molecule has 0 saturated carbocycles. The van der Waals surface area contributed by atoms with Gasteiger partial charge in [-0.25, -0.2) is 15.0 Å². The molecule has 27 heavy (non-hydrogen) atoms. The molecule has 0 unspecified atom stereocenters. The van der Waals surface area contributed by atoms with Crippen molar-refractivity contribution in [1.29, 1.82) is 0 Å². The zero-order valence-corrected chi connectivity index (χ0v) is 15.5. The van der Waals surface area contributed by atoms with Crippen molar-refractivity contribution < 1.29 is 9.53 Å². The first kappa shape index (κ1) is 17.7. The molecule has 2 aromatic heterocycles. The van der Waals surface area contributed by atoms with Crippen molar-refractivity contribution in [3.63, 3.8) is 0 Å². The minimum atomic E-state index is -0.236. The molecular weight excluding hydrogens is 346 g/mol. The van der Waals surface area contributed by atoms with Gasteiger partial charge in [0.25, 0.3) is 0 Å². The summed E-state index contributed by atoms with van der Waals surface area (Å²) in [7, 11) is 0. The van der Waals surface area contributed by atoms with Crippen LogP contribution in [0.3, 0.4) is 0 Å². The first-order valence-corrected chi connectivity index (χ1v) is 9.27. The number of imidazole rings is 1. The van der Waals surface area contributed by atoms with Crippen LogP contribution in [0.2, 0.25) is 0 Å². The van der Waals surface area contributed by atoms with Crippen LogP contribution in [0.25, 0.3) is 0 Å². The molecule has 0 bridgehead atoms. The highest BCUT2D eigenvalue weighted by Gasteiger charge is 2.41. The molecule has 2 aromatic rings. The molecule has 0 aliphatic carbocycles. The molecule has 0 aromatic carbocycles. The van der Waals surface area contributed by atoms with Gasteiger partial charge in [0.05, 0.1) is 12.2 Å². The van der Waals surface area contributed by atoms with E-state index in [-0.39, 0.29) is 11.5 Å². The van der Waals surface area contributed by atoms with E-state index >= 15 is 0 Å². The summed E-state index contributed by atoms with van der Waals surface area (Å²) in [5, 5.41) is 0. The second-order valence-electron chi connectivity index (χ2n) is 7.24. The fraction of sp³-hybridized carbons (Fsp3) is 0.556. The van der Waals surface area contributed by atoms with Crippen LogP contribution in [-0.2, 0) is 16.1 Å². The molecule has 0 radical (unpaired) electrons. The van der Waals surface area contributed by atoms with Crippen LogP contribution in [0, 0.1) is 6.92 Å². The molecule has 144 valence electrons. The number of amides is 1. The third kappa shape index (κ3) is 3.73. The van der Waals surface area contributed by atoms with Crippen molar-refractivity contribution in [3.05, 3.63) is 30.6 Å². The number of rotatable bonds is 3. The molecule has 9 nitrogen and oxygen atoms in total. The zero-order chi connectivity index (χ0) is 18.9. The Morgan fingerprint density at radius 3 is 2.78 bits per heavy atom. The fourth-order valence-electron chi connectivity index (χ4n) is 3.86. The lowest BCUT2D eigenvalue weighted by Crippen LogP contribution is -2.58. The SMILES string of the molecule is Cc1nccn1CC(=O)N1CCC2(CC1)CN(c1cc(N)ncn1)CCO2. The Morgan fingerprint density at radius 2 is 2.07 bits per heavy atom. The third-order valence-corrected chi connectivity index (χ3v) is 5.50. The maximum Gasteiger partial charge on any atom is 0.242 e. The molecule has 1 amide bonds. The number of anilines is 2. The van der Waals surface area contributed by atoms with Crippen molar-refractivity contribution in [2.75, 3.05) is 43.4 Å². The van der Waals surface area contributed by atoms with E-state index in [0.717, 1.165) is 37.6 Å². The molecule has 0 atom stereocenters. The number of hydrogen-bond acceptors (Lipinski definition) is 7.